The van der Waals surface area contributed by atoms with Crippen LogP contribution in [0.5, 0.6) is 0 Å². The second kappa shape index (κ2) is 4.97. The molecule has 0 fully saturated rings. The summed E-state index contributed by atoms with van der Waals surface area (Å²) in [5, 5.41) is 11.4. The van der Waals surface area contributed by atoms with E-state index in [1.54, 1.807) is 11.0 Å². The first kappa shape index (κ1) is 12.3. The molecule has 0 radical (unpaired) electrons. The number of nitrogens with one attached hydrogen (secondary N) is 1. The predicted molar refractivity (Wildman–Crippen MR) is 67.4 cm³/mol. The van der Waals surface area contributed by atoms with E-state index < -0.39 is 0 Å². The molecular formula is C10H15BrN6. The lowest BCUT2D eigenvalue weighted by atomic mass is 10.1. The largest absolute Gasteiger partial charge is 0.340 e. The van der Waals surface area contributed by atoms with Gasteiger partial charge in [-0.05, 0) is 22.5 Å². The average Bonchev–Trinajstić information content (AvgIpc) is 2.84. The summed E-state index contributed by atoms with van der Waals surface area (Å²) in [6, 6.07) is -0.00410. The molecule has 1 unspecified atom stereocenters. The summed E-state index contributed by atoms with van der Waals surface area (Å²) < 4.78 is 4.43. The van der Waals surface area contributed by atoms with E-state index in [0.717, 1.165) is 22.5 Å². The topological polar surface area (TPSA) is 60.6 Å². The van der Waals surface area contributed by atoms with Gasteiger partial charge >= 0.3 is 0 Å². The van der Waals surface area contributed by atoms with Gasteiger partial charge in [-0.2, -0.15) is 0 Å². The van der Waals surface area contributed by atoms with E-state index in [9.17, 15) is 0 Å². The van der Waals surface area contributed by atoms with Crippen LogP contribution >= 0.6 is 15.9 Å². The molecule has 0 aliphatic heterocycles. The summed E-state index contributed by atoms with van der Waals surface area (Å²) in [6.45, 7) is 2.91. The van der Waals surface area contributed by atoms with Crippen molar-refractivity contribution in [1.82, 2.24) is 29.9 Å². The van der Waals surface area contributed by atoms with Gasteiger partial charge in [-0.3, -0.25) is 0 Å². The van der Waals surface area contributed by atoms with Crippen LogP contribution < -0.4 is 5.32 Å². The monoisotopic (exact) mass is 298 g/mol. The number of hydrogen-bond donors (Lipinski definition) is 1. The number of nitrogens with zero attached hydrogens (tertiary/aromatic N) is 5. The summed E-state index contributed by atoms with van der Waals surface area (Å²) in [5.41, 5.74) is 1.94. The van der Waals surface area contributed by atoms with Gasteiger partial charge in [0.1, 0.15) is 0 Å². The van der Waals surface area contributed by atoms with Crippen LogP contribution in [0.4, 0.5) is 0 Å². The third-order valence-corrected chi connectivity index (χ3v) is 3.09. The van der Waals surface area contributed by atoms with Crippen molar-refractivity contribution in [1.29, 1.82) is 0 Å². The number of halogens is 1. The maximum atomic E-state index is 4.38. The Labute approximate surface area is 108 Å². The van der Waals surface area contributed by atoms with Crippen LogP contribution in [0, 0.1) is 0 Å². The van der Waals surface area contributed by atoms with Crippen LogP contribution in [0.15, 0.2) is 17.1 Å². The normalized spacial score (nSPS) is 12.9. The van der Waals surface area contributed by atoms with Gasteiger partial charge in [0, 0.05) is 20.3 Å². The molecule has 7 heteroatoms. The first-order chi connectivity index (χ1) is 8.13. The highest BCUT2D eigenvalue weighted by Gasteiger charge is 2.22. The summed E-state index contributed by atoms with van der Waals surface area (Å²) in [5.74, 6) is 0. The van der Waals surface area contributed by atoms with Gasteiger partial charge in [0.15, 0.2) is 4.60 Å². The van der Waals surface area contributed by atoms with Crippen LogP contribution in [0.3, 0.4) is 0 Å². The quantitative estimate of drug-likeness (QED) is 0.915. The highest BCUT2D eigenvalue weighted by molar-refractivity contribution is 9.10. The lowest BCUT2D eigenvalue weighted by Gasteiger charge is -2.15. The third-order valence-electron chi connectivity index (χ3n) is 2.53. The molecule has 0 aliphatic rings. The molecule has 1 N–H and O–H groups in total. The van der Waals surface area contributed by atoms with Crippen molar-refractivity contribution in [2.24, 2.45) is 14.1 Å². The number of aromatic nitrogens is 5. The fraction of sp³-hybridized carbons (Fsp3) is 0.500. The molecule has 6 nitrogen and oxygen atoms in total. The Kier molecular flexibility index (Phi) is 3.58. The zero-order valence-electron chi connectivity index (χ0n) is 10.1. The smallest absolute Gasteiger partial charge is 0.153 e. The van der Waals surface area contributed by atoms with Gasteiger partial charge in [-0.25, -0.2) is 9.67 Å². The molecular weight excluding hydrogens is 284 g/mol. The minimum Gasteiger partial charge on any atom is -0.340 e. The van der Waals surface area contributed by atoms with Gasteiger partial charge in [0.05, 0.1) is 23.8 Å². The molecule has 2 aromatic rings. The van der Waals surface area contributed by atoms with E-state index in [1.165, 1.54) is 0 Å². The van der Waals surface area contributed by atoms with Crippen LogP contribution in [-0.2, 0) is 14.1 Å². The van der Waals surface area contributed by atoms with E-state index >= 15 is 0 Å². The van der Waals surface area contributed by atoms with Gasteiger partial charge in [0.2, 0.25) is 0 Å². The fourth-order valence-electron chi connectivity index (χ4n) is 1.77. The lowest BCUT2D eigenvalue weighted by molar-refractivity contribution is 0.558. The van der Waals surface area contributed by atoms with Crippen molar-refractivity contribution in [3.8, 4) is 0 Å². The predicted octanol–water partition coefficient (Wildman–Crippen LogP) is 1.01. The van der Waals surface area contributed by atoms with Gasteiger partial charge in [-0.15, -0.1) is 5.10 Å². The van der Waals surface area contributed by atoms with E-state index in [2.05, 4.69) is 43.5 Å². The zero-order chi connectivity index (χ0) is 12.4. The van der Waals surface area contributed by atoms with Crippen LogP contribution in [0.1, 0.15) is 24.4 Å². The van der Waals surface area contributed by atoms with Crippen molar-refractivity contribution in [2.45, 2.75) is 13.0 Å². The van der Waals surface area contributed by atoms with E-state index in [-0.39, 0.29) is 6.04 Å². The summed E-state index contributed by atoms with van der Waals surface area (Å²) in [6.07, 6.45) is 3.78. The molecule has 0 aromatic carbocycles. The molecule has 2 heterocycles. The molecule has 0 spiro atoms. The molecule has 0 saturated carbocycles. The molecule has 2 aromatic heterocycles. The molecule has 1 atom stereocenters. The summed E-state index contributed by atoms with van der Waals surface area (Å²) >= 11 is 3.42. The van der Waals surface area contributed by atoms with Crippen LogP contribution in [0.2, 0.25) is 0 Å². The molecule has 0 bridgehead atoms. The maximum Gasteiger partial charge on any atom is 0.153 e. The number of hydrogen-bond acceptors (Lipinski definition) is 4. The molecule has 0 aliphatic carbocycles. The Morgan fingerprint density at radius 2 is 2.24 bits per heavy atom. The van der Waals surface area contributed by atoms with Crippen molar-refractivity contribution >= 4 is 15.9 Å². The van der Waals surface area contributed by atoms with Crippen molar-refractivity contribution in [3.63, 3.8) is 0 Å². The summed E-state index contributed by atoms with van der Waals surface area (Å²) in [4.78, 5) is 4.38. The standard InChI is InChI=1S/C10H15BrN6/c1-4-12-8(7-5-16(2)6-13-7)9-10(11)14-15-17(9)3/h5-6,8,12H,4H2,1-3H3. The second-order valence-corrected chi connectivity index (χ2v) is 4.59. The van der Waals surface area contributed by atoms with Crippen molar-refractivity contribution in [2.75, 3.05) is 6.54 Å². The van der Waals surface area contributed by atoms with Gasteiger partial charge in [-0.1, -0.05) is 12.1 Å². The minimum absolute atomic E-state index is 0.00410. The Hall–Kier alpha value is -1.21. The summed E-state index contributed by atoms with van der Waals surface area (Å²) in [7, 11) is 3.83. The van der Waals surface area contributed by atoms with E-state index in [4.69, 9.17) is 0 Å². The SMILES string of the molecule is CCNC(c1cn(C)cn1)c1c(Br)nnn1C. The molecule has 0 amide bonds. The van der Waals surface area contributed by atoms with Gasteiger partial charge < -0.3 is 9.88 Å². The Morgan fingerprint density at radius 3 is 2.71 bits per heavy atom. The first-order valence-corrected chi connectivity index (χ1v) is 6.19. The number of aryl methyl sites for hydroxylation is 2. The average molecular weight is 299 g/mol. The fourth-order valence-corrected chi connectivity index (χ4v) is 2.33. The highest BCUT2D eigenvalue weighted by Crippen LogP contribution is 2.25. The first-order valence-electron chi connectivity index (χ1n) is 5.39. The highest BCUT2D eigenvalue weighted by atomic mass is 79.9. The van der Waals surface area contributed by atoms with E-state index in [0.29, 0.717) is 0 Å². The van der Waals surface area contributed by atoms with E-state index in [1.807, 2.05) is 24.9 Å². The molecule has 2 rings (SSSR count). The molecule has 0 saturated heterocycles. The Balaban J connectivity index is 2.42. The van der Waals surface area contributed by atoms with Crippen LogP contribution in [0.25, 0.3) is 0 Å². The maximum absolute atomic E-state index is 4.38. The third kappa shape index (κ3) is 2.39. The molecule has 17 heavy (non-hydrogen) atoms. The Morgan fingerprint density at radius 1 is 1.47 bits per heavy atom. The zero-order valence-corrected chi connectivity index (χ0v) is 11.6. The van der Waals surface area contributed by atoms with Gasteiger partial charge in [0.25, 0.3) is 0 Å². The Bertz CT molecular complexity index is 483. The second-order valence-electron chi connectivity index (χ2n) is 3.84. The van der Waals surface area contributed by atoms with Crippen LogP contribution in [-0.4, -0.2) is 31.1 Å². The molecule has 92 valence electrons. The van der Waals surface area contributed by atoms with Crippen molar-refractivity contribution < 1.29 is 0 Å². The minimum atomic E-state index is -0.00410. The lowest BCUT2D eigenvalue weighted by Crippen LogP contribution is -2.25. The number of imidazole rings is 1. The number of rotatable bonds is 4. The van der Waals surface area contributed by atoms with Crippen molar-refractivity contribution in [3.05, 3.63) is 28.5 Å².